The lowest BCUT2D eigenvalue weighted by Crippen LogP contribution is -2.30. The summed E-state index contributed by atoms with van der Waals surface area (Å²) in [7, 11) is 0. The molecule has 0 bridgehead atoms. The van der Waals surface area contributed by atoms with Crippen molar-refractivity contribution in [2.75, 3.05) is 11.9 Å². The summed E-state index contributed by atoms with van der Waals surface area (Å²) in [5.41, 5.74) is 3.17. The lowest BCUT2D eigenvalue weighted by Gasteiger charge is -2.16. The van der Waals surface area contributed by atoms with Gasteiger partial charge >= 0.3 is 5.97 Å². The van der Waals surface area contributed by atoms with Gasteiger partial charge in [0.05, 0.1) is 5.56 Å². The molecule has 0 radical (unpaired) electrons. The molecule has 0 aliphatic carbocycles. The number of likely N-dealkylation sites (tertiary alicyclic amines) is 1. The van der Waals surface area contributed by atoms with Gasteiger partial charge in [-0.2, -0.15) is 0 Å². The van der Waals surface area contributed by atoms with Crippen molar-refractivity contribution in [1.82, 2.24) is 4.90 Å². The first-order valence-electron chi connectivity index (χ1n) is 9.93. The van der Waals surface area contributed by atoms with E-state index in [0.717, 1.165) is 24.9 Å². The highest BCUT2D eigenvalue weighted by atomic mass is 16.5. The molecule has 0 aromatic heterocycles. The summed E-state index contributed by atoms with van der Waals surface area (Å²) in [4.78, 5) is 38.2. The van der Waals surface area contributed by atoms with Crippen molar-refractivity contribution in [3.63, 3.8) is 0 Å². The van der Waals surface area contributed by atoms with Crippen LogP contribution in [-0.4, -0.2) is 35.3 Å². The Bertz CT molecular complexity index is 875. The monoisotopic (exact) mass is 394 g/mol. The van der Waals surface area contributed by atoms with Gasteiger partial charge in [-0.3, -0.25) is 9.59 Å². The highest BCUT2D eigenvalue weighted by Crippen LogP contribution is 2.16. The zero-order valence-corrected chi connectivity index (χ0v) is 16.8. The van der Waals surface area contributed by atoms with E-state index < -0.39 is 12.1 Å². The second kappa shape index (κ2) is 9.37. The number of hydrogen-bond donors (Lipinski definition) is 1. The molecule has 1 atom stereocenters. The normalized spacial score (nSPS) is 14.6. The lowest BCUT2D eigenvalue weighted by molar-refractivity contribution is -0.128. The maximum Gasteiger partial charge on any atom is 0.338 e. The number of hydrogen-bond acceptors (Lipinski definition) is 4. The SMILES string of the molecule is CCc1ccc(NC(=O)[C@@H](C)OC(=O)c2ccc(CN3CCCC3=O)cc2)cc1. The van der Waals surface area contributed by atoms with Gasteiger partial charge in [-0.05, 0) is 55.2 Å². The van der Waals surface area contributed by atoms with Crippen LogP contribution in [-0.2, 0) is 27.3 Å². The average Bonchev–Trinajstić information content (AvgIpc) is 3.13. The van der Waals surface area contributed by atoms with Gasteiger partial charge in [0.2, 0.25) is 5.91 Å². The minimum Gasteiger partial charge on any atom is -0.449 e. The van der Waals surface area contributed by atoms with Gasteiger partial charge in [0.15, 0.2) is 6.10 Å². The molecular formula is C23H26N2O4. The number of carbonyl (C=O) groups is 3. The summed E-state index contributed by atoms with van der Waals surface area (Å²) < 4.78 is 5.29. The van der Waals surface area contributed by atoms with E-state index in [1.807, 2.05) is 41.3 Å². The first-order chi connectivity index (χ1) is 14.0. The van der Waals surface area contributed by atoms with Crippen LogP contribution in [0.15, 0.2) is 48.5 Å². The summed E-state index contributed by atoms with van der Waals surface area (Å²) in [6.07, 6.45) is 1.50. The van der Waals surface area contributed by atoms with Crippen LogP contribution in [0.3, 0.4) is 0 Å². The fraction of sp³-hybridized carbons (Fsp3) is 0.348. The molecule has 29 heavy (non-hydrogen) atoms. The zero-order chi connectivity index (χ0) is 20.8. The van der Waals surface area contributed by atoms with E-state index in [-0.39, 0.29) is 11.8 Å². The van der Waals surface area contributed by atoms with Crippen molar-refractivity contribution < 1.29 is 19.1 Å². The fourth-order valence-electron chi connectivity index (χ4n) is 3.19. The molecule has 152 valence electrons. The first kappa shape index (κ1) is 20.6. The molecule has 1 aliphatic heterocycles. The second-order valence-corrected chi connectivity index (χ2v) is 7.20. The predicted octanol–water partition coefficient (Wildman–Crippen LogP) is 3.56. The van der Waals surface area contributed by atoms with E-state index in [9.17, 15) is 14.4 Å². The number of esters is 1. The van der Waals surface area contributed by atoms with Crippen LogP contribution in [0.1, 0.15) is 48.2 Å². The summed E-state index contributed by atoms with van der Waals surface area (Å²) >= 11 is 0. The molecule has 6 nitrogen and oxygen atoms in total. The van der Waals surface area contributed by atoms with E-state index in [2.05, 4.69) is 12.2 Å². The van der Waals surface area contributed by atoms with Crippen molar-refractivity contribution in [1.29, 1.82) is 0 Å². The maximum absolute atomic E-state index is 12.3. The zero-order valence-electron chi connectivity index (χ0n) is 16.8. The van der Waals surface area contributed by atoms with Crippen LogP contribution in [0.4, 0.5) is 5.69 Å². The van der Waals surface area contributed by atoms with Crippen LogP contribution < -0.4 is 5.32 Å². The Balaban J connectivity index is 1.52. The fourth-order valence-corrected chi connectivity index (χ4v) is 3.19. The van der Waals surface area contributed by atoms with Crippen molar-refractivity contribution >= 4 is 23.5 Å². The summed E-state index contributed by atoms with van der Waals surface area (Å²) in [5.74, 6) is -0.776. The predicted molar refractivity (Wildman–Crippen MR) is 110 cm³/mol. The Labute approximate surface area is 170 Å². The Morgan fingerprint density at radius 3 is 2.31 bits per heavy atom. The van der Waals surface area contributed by atoms with Gasteiger partial charge in [0.1, 0.15) is 0 Å². The quantitative estimate of drug-likeness (QED) is 0.729. The lowest BCUT2D eigenvalue weighted by atomic mass is 10.1. The molecule has 1 heterocycles. The van der Waals surface area contributed by atoms with E-state index in [1.54, 1.807) is 19.1 Å². The molecule has 1 aliphatic rings. The second-order valence-electron chi connectivity index (χ2n) is 7.20. The Morgan fingerprint density at radius 2 is 1.72 bits per heavy atom. The number of ether oxygens (including phenoxy) is 1. The molecule has 1 saturated heterocycles. The number of rotatable bonds is 7. The molecule has 1 fully saturated rings. The molecule has 6 heteroatoms. The van der Waals surface area contributed by atoms with Crippen LogP contribution in [0, 0.1) is 0 Å². The number of benzene rings is 2. The van der Waals surface area contributed by atoms with E-state index in [0.29, 0.717) is 24.2 Å². The van der Waals surface area contributed by atoms with Crippen molar-refractivity contribution in [3.8, 4) is 0 Å². The standard InChI is InChI=1S/C23H26N2O4/c1-3-17-8-12-20(13-9-17)24-22(27)16(2)29-23(28)19-10-6-18(7-11-19)15-25-14-4-5-21(25)26/h6-13,16H,3-5,14-15H2,1-2H3,(H,24,27)/t16-/m1/s1. The molecule has 1 N–H and O–H groups in total. The number of amides is 2. The highest BCUT2D eigenvalue weighted by Gasteiger charge is 2.21. The molecule has 3 rings (SSSR count). The van der Waals surface area contributed by atoms with E-state index >= 15 is 0 Å². The van der Waals surface area contributed by atoms with Crippen LogP contribution in [0.5, 0.6) is 0 Å². The van der Waals surface area contributed by atoms with Gasteiger partial charge in [-0.25, -0.2) is 4.79 Å². The van der Waals surface area contributed by atoms with Crippen LogP contribution >= 0.6 is 0 Å². The minimum absolute atomic E-state index is 0.164. The third-order valence-corrected chi connectivity index (χ3v) is 5.02. The topological polar surface area (TPSA) is 75.7 Å². The number of nitrogens with one attached hydrogen (secondary N) is 1. The number of anilines is 1. The van der Waals surface area contributed by atoms with Crippen molar-refractivity contribution in [3.05, 3.63) is 65.2 Å². The summed E-state index contributed by atoms with van der Waals surface area (Å²) in [6.45, 7) is 4.93. The van der Waals surface area contributed by atoms with Crippen LogP contribution in [0.25, 0.3) is 0 Å². The third kappa shape index (κ3) is 5.44. The van der Waals surface area contributed by atoms with Crippen molar-refractivity contribution in [2.24, 2.45) is 0 Å². The molecular weight excluding hydrogens is 368 g/mol. The Kier molecular flexibility index (Phi) is 6.65. The largest absolute Gasteiger partial charge is 0.449 e. The van der Waals surface area contributed by atoms with Gasteiger partial charge in [0.25, 0.3) is 5.91 Å². The van der Waals surface area contributed by atoms with E-state index in [1.165, 1.54) is 5.56 Å². The number of aryl methyl sites for hydroxylation is 1. The number of carbonyl (C=O) groups excluding carboxylic acids is 3. The van der Waals surface area contributed by atoms with E-state index in [4.69, 9.17) is 4.74 Å². The maximum atomic E-state index is 12.3. The summed E-state index contributed by atoms with van der Waals surface area (Å²) in [6, 6.07) is 14.5. The Morgan fingerprint density at radius 1 is 1.07 bits per heavy atom. The molecule has 2 aromatic carbocycles. The molecule has 0 spiro atoms. The minimum atomic E-state index is -0.921. The van der Waals surface area contributed by atoms with Gasteiger partial charge < -0.3 is 15.0 Å². The van der Waals surface area contributed by atoms with Gasteiger partial charge in [-0.15, -0.1) is 0 Å². The number of nitrogens with zero attached hydrogens (tertiary/aromatic N) is 1. The molecule has 2 amide bonds. The first-order valence-corrected chi connectivity index (χ1v) is 9.93. The smallest absolute Gasteiger partial charge is 0.338 e. The molecule has 2 aromatic rings. The van der Waals surface area contributed by atoms with Crippen LogP contribution in [0.2, 0.25) is 0 Å². The van der Waals surface area contributed by atoms with Gasteiger partial charge in [0, 0.05) is 25.2 Å². The molecule has 0 saturated carbocycles. The van der Waals surface area contributed by atoms with Gasteiger partial charge in [-0.1, -0.05) is 31.2 Å². The third-order valence-electron chi connectivity index (χ3n) is 5.02. The highest BCUT2D eigenvalue weighted by molar-refractivity contribution is 5.97. The molecule has 0 unspecified atom stereocenters. The summed E-state index contributed by atoms with van der Waals surface area (Å²) in [5, 5.41) is 2.75. The van der Waals surface area contributed by atoms with Crippen molar-refractivity contribution in [2.45, 2.75) is 45.8 Å². The Hall–Kier alpha value is -3.15. The average molecular weight is 394 g/mol.